The maximum Gasteiger partial charge on any atom is 0.387 e. The van der Waals surface area contributed by atoms with Crippen molar-refractivity contribution in [3.05, 3.63) is 83.4 Å². The molecule has 184 valence electrons. The molecule has 0 heterocycles. The van der Waals surface area contributed by atoms with Gasteiger partial charge in [-0.3, -0.25) is 4.79 Å². The van der Waals surface area contributed by atoms with E-state index >= 15 is 0 Å². The molecule has 0 bridgehead atoms. The highest BCUT2D eigenvalue weighted by atomic mass is 35.5. The number of aliphatic carboxylic acids is 1. The molecule has 6 nitrogen and oxygen atoms in total. The van der Waals surface area contributed by atoms with Crippen molar-refractivity contribution in [1.82, 2.24) is 4.31 Å². The fourth-order valence-electron chi connectivity index (χ4n) is 4.36. The number of rotatable bonds is 9. The minimum absolute atomic E-state index is 0.197. The maximum absolute atomic E-state index is 13.6. The highest BCUT2D eigenvalue weighted by molar-refractivity contribution is 7.89. The van der Waals surface area contributed by atoms with Gasteiger partial charge >= 0.3 is 12.6 Å². The molecule has 1 aliphatic rings. The van der Waals surface area contributed by atoms with Crippen LogP contribution in [-0.2, 0) is 20.4 Å². The van der Waals surface area contributed by atoms with Crippen LogP contribution in [0.4, 0.5) is 8.78 Å². The lowest BCUT2D eigenvalue weighted by molar-refractivity contribution is -0.139. The Morgan fingerprint density at radius 3 is 2.17 bits per heavy atom. The van der Waals surface area contributed by atoms with Gasteiger partial charge in [0.05, 0.1) is 10.4 Å². The number of benzene rings is 3. The van der Waals surface area contributed by atoms with Gasteiger partial charge in [-0.2, -0.15) is 13.1 Å². The van der Waals surface area contributed by atoms with Crippen LogP contribution in [0, 0.1) is 0 Å². The molecule has 35 heavy (non-hydrogen) atoms. The third-order valence-corrected chi connectivity index (χ3v) is 8.44. The van der Waals surface area contributed by atoms with Crippen LogP contribution in [0.25, 0.3) is 11.1 Å². The predicted octanol–water partition coefficient (Wildman–Crippen LogP) is 5.76. The summed E-state index contributed by atoms with van der Waals surface area (Å²) in [6, 6.07) is 19.1. The molecule has 3 aromatic carbocycles. The average molecular weight is 522 g/mol. The highest BCUT2D eigenvalue weighted by Crippen LogP contribution is 2.49. The lowest BCUT2D eigenvalue weighted by Gasteiger charge is -2.49. The second-order valence-corrected chi connectivity index (χ2v) is 10.5. The minimum Gasteiger partial charge on any atom is -0.480 e. The van der Waals surface area contributed by atoms with E-state index in [0.717, 1.165) is 46.1 Å². The lowest BCUT2D eigenvalue weighted by Crippen LogP contribution is -2.55. The van der Waals surface area contributed by atoms with Crippen LogP contribution in [-0.4, -0.2) is 37.0 Å². The van der Waals surface area contributed by atoms with Gasteiger partial charge in [-0.25, -0.2) is 8.42 Å². The van der Waals surface area contributed by atoms with Gasteiger partial charge in [0, 0.05) is 10.6 Å². The molecule has 10 heteroatoms. The third-order valence-electron chi connectivity index (χ3n) is 6.18. The molecule has 1 saturated carbocycles. The SMILES string of the molecule is O=C(O)CN(C1(c2ccc(-c3ccccc3Cl)cc2)CCC1)S(=O)(=O)c1ccc(OC(F)F)cc1. The van der Waals surface area contributed by atoms with E-state index in [1.54, 1.807) is 18.2 Å². The molecule has 1 fully saturated rings. The van der Waals surface area contributed by atoms with Crippen molar-refractivity contribution in [3.8, 4) is 16.9 Å². The molecule has 0 radical (unpaired) electrons. The summed E-state index contributed by atoms with van der Waals surface area (Å²) in [4.78, 5) is 11.5. The second kappa shape index (κ2) is 9.93. The molecule has 0 atom stereocenters. The summed E-state index contributed by atoms with van der Waals surface area (Å²) in [7, 11) is -4.29. The summed E-state index contributed by atoms with van der Waals surface area (Å²) in [6.45, 7) is -3.79. The first-order valence-electron chi connectivity index (χ1n) is 10.8. The summed E-state index contributed by atoms with van der Waals surface area (Å²) in [6.07, 6.45) is 1.61. The molecular weight excluding hydrogens is 500 g/mol. The molecule has 3 aromatic rings. The fraction of sp³-hybridized carbons (Fsp3) is 0.240. The zero-order valence-electron chi connectivity index (χ0n) is 18.4. The van der Waals surface area contributed by atoms with E-state index in [0.29, 0.717) is 23.4 Å². The Bertz CT molecular complexity index is 1310. The van der Waals surface area contributed by atoms with E-state index in [2.05, 4.69) is 4.74 Å². The van der Waals surface area contributed by atoms with Crippen LogP contribution in [0.1, 0.15) is 24.8 Å². The second-order valence-electron chi connectivity index (χ2n) is 8.20. The number of alkyl halides is 2. The molecule has 0 saturated heterocycles. The molecule has 4 rings (SSSR count). The summed E-state index contributed by atoms with van der Waals surface area (Å²) in [5, 5.41) is 10.1. The van der Waals surface area contributed by atoms with Gasteiger partial charge in [0.1, 0.15) is 12.3 Å². The van der Waals surface area contributed by atoms with Crippen LogP contribution < -0.4 is 4.74 Å². The number of carboxylic acids is 1. The van der Waals surface area contributed by atoms with Gasteiger partial charge in [-0.1, -0.05) is 54.1 Å². The van der Waals surface area contributed by atoms with E-state index in [-0.39, 0.29) is 10.6 Å². The van der Waals surface area contributed by atoms with E-state index in [9.17, 15) is 27.1 Å². The molecule has 0 aliphatic heterocycles. The molecule has 1 aliphatic carbocycles. The molecular formula is C25H22ClF2NO5S. The number of hydrogen-bond acceptors (Lipinski definition) is 4. The Balaban J connectivity index is 1.72. The first-order valence-corrected chi connectivity index (χ1v) is 12.6. The topological polar surface area (TPSA) is 83.9 Å². The van der Waals surface area contributed by atoms with E-state index < -0.39 is 34.7 Å². The molecule has 1 N–H and O–H groups in total. The van der Waals surface area contributed by atoms with Crippen molar-refractivity contribution in [2.24, 2.45) is 0 Å². The number of carboxylic acid groups (broad SMARTS) is 1. The first-order chi connectivity index (χ1) is 16.6. The molecule has 0 amide bonds. The predicted molar refractivity (Wildman–Crippen MR) is 127 cm³/mol. The van der Waals surface area contributed by atoms with E-state index in [1.165, 1.54) is 0 Å². The van der Waals surface area contributed by atoms with Crippen molar-refractivity contribution < 1.29 is 31.8 Å². The van der Waals surface area contributed by atoms with Crippen LogP contribution in [0.3, 0.4) is 0 Å². The minimum atomic E-state index is -4.29. The van der Waals surface area contributed by atoms with Gasteiger partial charge in [0.2, 0.25) is 10.0 Å². The van der Waals surface area contributed by atoms with Crippen LogP contribution in [0.15, 0.2) is 77.7 Å². The number of carbonyl (C=O) groups is 1. The smallest absolute Gasteiger partial charge is 0.387 e. The normalized spacial score (nSPS) is 15.1. The Kier molecular flexibility index (Phi) is 7.12. The number of halogens is 3. The fourth-order valence-corrected chi connectivity index (χ4v) is 6.37. The van der Waals surface area contributed by atoms with Gasteiger partial charge in [0.25, 0.3) is 0 Å². The van der Waals surface area contributed by atoms with Crippen LogP contribution in [0.2, 0.25) is 5.02 Å². The van der Waals surface area contributed by atoms with Crippen molar-refractivity contribution in [2.45, 2.75) is 36.3 Å². The number of ether oxygens (including phenoxy) is 1. The van der Waals surface area contributed by atoms with Gasteiger partial charge < -0.3 is 9.84 Å². The lowest BCUT2D eigenvalue weighted by atomic mass is 9.71. The quantitative estimate of drug-likeness (QED) is 0.387. The van der Waals surface area contributed by atoms with Crippen LogP contribution >= 0.6 is 11.6 Å². The van der Waals surface area contributed by atoms with E-state index in [4.69, 9.17) is 11.6 Å². The molecule has 0 spiro atoms. The first kappa shape index (κ1) is 25.1. The molecule has 0 unspecified atom stereocenters. The Hall–Kier alpha value is -3.01. The van der Waals surface area contributed by atoms with Crippen molar-refractivity contribution >= 4 is 27.6 Å². The van der Waals surface area contributed by atoms with Crippen molar-refractivity contribution in [2.75, 3.05) is 6.54 Å². The number of hydrogen-bond donors (Lipinski definition) is 1. The van der Waals surface area contributed by atoms with Gasteiger partial charge in [-0.05, 0) is 60.7 Å². The van der Waals surface area contributed by atoms with Crippen LogP contribution in [0.5, 0.6) is 5.75 Å². The zero-order valence-corrected chi connectivity index (χ0v) is 20.0. The van der Waals surface area contributed by atoms with Gasteiger partial charge in [-0.15, -0.1) is 0 Å². The Morgan fingerprint density at radius 2 is 1.66 bits per heavy atom. The largest absolute Gasteiger partial charge is 0.480 e. The standard InChI is InChI=1S/C25H22ClF2NO5S/c26-22-5-2-1-4-21(22)17-6-8-18(9-7-17)25(14-3-15-25)29(16-23(30)31)35(32,33)20-12-10-19(11-13-20)34-24(27)28/h1-2,4-13,24H,3,14-16H2,(H,30,31). The zero-order chi connectivity index (χ0) is 25.2. The summed E-state index contributed by atoms with van der Waals surface area (Å²) in [5.74, 6) is -1.50. The van der Waals surface area contributed by atoms with E-state index in [1.807, 2.05) is 30.3 Å². The average Bonchev–Trinajstić information content (AvgIpc) is 2.78. The number of sulfonamides is 1. The summed E-state index contributed by atoms with van der Waals surface area (Å²) in [5.41, 5.74) is 1.29. The Morgan fingerprint density at radius 1 is 1.03 bits per heavy atom. The summed E-state index contributed by atoms with van der Waals surface area (Å²) < 4.78 is 57.4. The number of nitrogens with zero attached hydrogens (tertiary/aromatic N) is 1. The van der Waals surface area contributed by atoms with Gasteiger partial charge in [0.15, 0.2) is 0 Å². The highest BCUT2D eigenvalue weighted by Gasteiger charge is 2.50. The third kappa shape index (κ3) is 5.03. The summed E-state index contributed by atoms with van der Waals surface area (Å²) >= 11 is 6.30. The maximum atomic E-state index is 13.6. The Labute approximate surface area is 206 Å². The van der Waals surface area contributed by atoms with Crippen molar-refractivity contribution in [1.29, 1.82) is 0 Å². The van der Waals surface area contributed by atoms with Crippen molar-refractivity contribution in [3.63, 3.8) is 0 Å². The monoisotopic (exact) mass is 521 g/mol. The molecule has 0 aromatic heterocycles.